The zero-order valence-electron chi connectivity index (χ0n) is 16.0. The van der Waals surface area contributed by atoms with Crippen molar-refractivity contribution in [3.63, 3.8) is 0 Å². The number of hydrogen-bond acceptors (Lipinski definition) is 4. The Labute approximate surface area is 150 Å². The van der Waals surface area contributed by atoms with Crippen LogP contribution in [0.15, 0.2) is 10.6 Å². The van der Waals surface area contributed by atoms with Crippen molar-refractivity contribution < 1.29 is 9.32 Å². The van der Waals surface area contributed by atoms with Crippen LogP contribution in [0.2, 0.25) is 0 Å². The van der Waals surface area contributed by atoms with E-state index < -0.39 is 5.41 Å². The summed E-state index contributed by atoms with van der Waals surface area (Å²) < 4.78 is 5.46. The lowest BCUT2D eigenvalue weighted by Gasteiger charge is -2.37. The molecule has 2 aliphatic heterocycles. The number of aromatic nitrogens is 1. The van der Waals surface area contributed by atoms with E-state index in [1.54, 1.807) is 0 Å². The molecule has 1 unspecified atom stereocenters. The maximum Gasteiger partial charge on any atom is 0.236 e. The van der Waals surface area contributed by atoms with Gasteiger partial charge in [0.25, 0.3) is 0 Å². The topological polar surface area (TPSA) is 49.6 Å². The minimum Gasteiger partial charge on any atom is -0.360 e. The second kappa shape index (κ2) is 6.11. The minimum absolute atomic E-state index is 0.283. The van der Waals surface area contributed by atoms with Crippen LogP contribution in [0.5, 0.6) is 0 Å². The predicted octanol–water partition coefficient (Wildman–Crippen LogP) is 2.98. The van der Waals surface area contributed by atoms with E-state index in [2.05, 4.69) is 35.7 Å². The number of likely N-dealkylation sites (tertiary alicyclic amines) is 2. The van der Waals surface area contributed by atoms with Gasteiger partial charge < -0.3 is 9.42 Å². The number of fused-ring (bicyclic) bond motifs is 2. The highest BCUT2D eigenvalue weighted by atomic mass is 16.5. The minimum atomic E-state index is -0.401. The van der Waals surface area contributed by atoms with E-state index in [1.165, 1.54) is 13.0 Å². The van der Waals surface area contributed by atoms with Crippen molar-refractivity contribution in [3.05, 3.63) is 17.5 Å². The number of nitrogens with zero attached hydrogens (tertiary/aromatic N) is 3. The molecule has 1 amide bonds. The molecule has 0 radical (unpaired) electrons. The summed E-state index contributed by atoms with van der Waals surface area (Å²) in [7, 11) is 0. The quantitative estimate of drug-likeness (QED) is 0.795. The lowest BCUT2D eigenvalue weighted by Crippen LogP contribution is -2.52. The standard InChI is InChI=1S/C20H31N3O2/c1-13(2)7-14(3)10-22-11-17-9-16(22)12-23(17)19(24)20(5-6-20)18-8-15(4)21-25-18/h8,13-14,16-17H,5-7,9-12H2,1-4H3/t14?,16-,17-/m0/s1. The van der Waals surface area contributed by atoms with Gasteiger partial charge in [-0.2, -0.15) is 0 Å². The van der Waals surface area contributed by atoms with Gasteiger partial charge in [0.2, 0.25) is 5.91 Å². The van der Waals surface area contributed by atoms with Crippen LogP contribution in [-0.4, -0.2) is 52.6 Å². The van der Waals surface area contributed by atoms with Crippen LogP contribution in [0.25, 0.3) is 0 Å². The number of carbonyl (C=O) groups is 1. The highest BCUT2D eigenvalue weighted by Crippen LogP contribution is 2.51. The molecule has 3 atom stereocenters. The molecule has 1 aromatic rings. The summed E-state index contributed by atoms with van der Waals surface area (Å²) in [4.78, 5) is 18.0. The van der Waals surface area contributed by atoms with E-state index in [-0.39, 0.29) is 5.91 Å². The molecule has 3 fully saturated rings. The molecule has 0 N–H and O–H groups in total. The van der Waals surface area contributed by atoms with Crippen molar-refractivity contribution in [1.82, 2.24) is 15.0 Å². The van der Waals surface area contributed by atoms with E-state index in [0.29, 0.717) is 12.1 Å². The first-order valence-corrected chi connectivity index (χ1v) is 9.88. The van der Waals surface area contributed by atoms with Crippen LogP contribution in [0.3, 0.4) is 0 Å². The van der Waals surface area contributed by atoms with Crippen LogP contribution < -0.4 is 0 Å². The molecule has 5 nitrogen and oxygen atoms in total. The number of rotatable bonds is 6. The highest BCUT2D eigenvalue weighted by molar-refractivity contribution is 5.91. The Balaban J connectivity index is 1.39. The zero-order chi connectivity index (χ0) is 17.8. The van der Waals surface area contributed by atoms with E-state index >= 15 is 0 Å². The van der Waals surface area contributed by atoms with Crippen LogP contribution >= 0.6 is 0 Å². The molecule has 138 valence electrons. The van der Waals surface area contributed by atoms with E-state index in [9.17, 15) is 4.79 Å². The first-order chi connectivity index (χ1) is 11.9. The normalized spacial score (nSPS) is 28.8. The Kier molecular flexibility index (Phi) is 4.18. The molecule has 1 aromatic heterocycles. The average molecular weight is 345 g/mol. The predicted molar refractivity (Wildman–Crippen MR) is 96.3 cm³/mol. The average Bonchev–Trinajstić information content (AvgIpc) is 2.87. The monoisotopic (exact) mass is 345 g/mol. The Morgan fingerprint density at radius 3 is 2.60 bits per heavy atom. The van der Waals surface area contributed by atoms with Gasteiger partial charge in [0.05, 0.1) is 5.69 Å². The molecule has 5 heteroatoms. The molecule has 3 heterocycles. The number of hydrogen-bond donors (Lipinski definition) is 0. The zero-order valence-corrected chi connectivity index (χ0v) is 16.0. The van der Waals surface area contributed by atoms with Crippen molar-refractivity contribution in [2.45, 2.75) is 70.9 Å². The van der Waals surface area contributed by atoms with E-state index in [4.69, 9.17) is 4.52 Å². The van der Waals surface area contributed by atoms with Crippen LogP contribution in [0.4, 0.5) is 0 Å². The molecule has 1 aliphatic carbocycles. The van der Waals surface area contributed by atoms with Gasteiger partial charge >= 0.3 is 0 Å². The molecule has 1 saturated carbocycles. The first kappa shape index (κ1) is 17.1. The summed E-state index contributed by atoms with van der Waals surface area (Å²) >= 11 is 0. The van der Waals surface area contributed by atoms with Gasteiger partial charge in [0.1, 0.15) is 5.41 Å². The molecule has 4 rings (SSSR count). The van der Waals surface area contributed by atoms with Crippen molar-refractivity contribution in [2.24, 2.45) is 11.8 Å². The third-order valence-electron chi connectivity index (χ3n) is 6.29. The van der Waals surface area contributed by atoms with Gasteiger partial charge in [-0.25, -0.2) is 0 Å². The maximum absolute atomic E-state index is 13.2. The summed E-state index contributed by atoms with van der Waals surface area (Å²) in [5.74, 6) is 2.55. The molecule has 2 saturated heterocycles. The molecular weight excluding hydrogens is 314 g/mol. The van der Waals surface area contributed by atoms with Crippen LogP contribution in [-0.2, 0) is 10.2 Å². The van der Waals surface area contributed by atoms with Crippen LogP contribution in [0.1, 0.15) is 57.9 Å². The summed E-state index contributed by atoms with van der Waals surface area (Å²) in [6.45, 7) is 12.0. The fraction of sp³-hybridized carbons (Fsp3) is 0.800. The Morgan fingerprint density at radius 1 is 1.32 bits per heavy atom. The van der Waals surface area contributed by atoms with Gasteiger partial charge in [-0.05, 0) is 44.4 Å². The van der Waals surface area contributed by atoms with Crippen molar-refractivity contribution in [2.75, 3.05) is 19.6 Å². The van der Waals surface area contributed by atoms with Gasteiger partial charge in [-0.3, -0.25) is 9.69 Å². The molecular formula is C20H31N3O2. The molecule has 0 aromatic carbocycles. The first-order valence-electron chi connectivity index (χ1n) is 9.88. The number of carbonyl (C=O) groups excluding carboxylic acids is 1. The van der Waals surface area contributed by atoms with Gasteiger partial charge in [0.15, 0.2) is 5.76 Å². The summed E-state index contributed by atoms with van der Waals surface area (Å²) in [5, 5.41) is 3.99. The summed E-state index contributed by atoms with van der Waals surface area (Å²) in [6, 6.07) is 2.89. The van der Waals surface area contributed by atoms with Gasteiger partial charge in [0, 0.05) is 37.8 Å². The second-order valence-electron chi connectivity index (χ2n) is 9.10. The summed E-state index contributed by atoms with van der Waals surface area (Å²) in [6.07, 6.45) is 4.24. The Bertz CT molecular complexity index is 649. The van der Waals surface area contributed by atoms with Crippen molar-refractivity contribution in [3.8, 4) is 0 Å². The third-order valence-corrected chi connectivity index (χ3v) is 6.29. The lowest BCUT2D eigenvalue weighted by molar-refractivity contribution is -0.137. The largest absolute Gasteiger partial charge is 0.360 e. The summed E-state index contributed by atoms with van der Waals surface area (Å²) in [5.41, 5.74) is 0.462. The van der Waals surface area contributed by atoms with Crippen LogP contribution in [0, 0.1) is 18.8 Å². The fourth-order valence-electron chi connectivity index (χ4n) is 5.06. The lowest BCUT2D eigenvalue weighted by atomic mass is 9.98. The van der Waals surface area contributed by atoms with Gasteiger partial charge in [-0.15, -0.1) is 0 Å². The molecule has 25 heavy (non-hydrogen) atoms. The van der Waals surface area contributed by atoms with E-state index in [0.717, 1.165) is 55.6 Å². The molecule has 2 bridgehead atoms. The van der Waals surface area contributed by atoms with Gasteiger partial charge in [-0.1, -0.05) is 25.9 Å². The fourth-order valence-corrected chi connectivity index (χ4v) is 5.06. The number of piperazine rings is 1. The third kappa shape index (κ3) is 3.01. The van der Waals surface area contributed by atoms with E-state index in [1.807, 2.05) is 13.0 Å². The molecule has 0 spiro atoms. The van der Waals surface area contributed by atoms with Crippen molar-refractivity contribution in [1.29, 1.82) is 0 Å². The second-order valence-corrected chi connectivity index (χ2v) is 9.10. The number of amides is 1. The Hall–Kier alpha value is -1.36. The number of aryl methyl sites for hydroxylation is 1. The van der Waals surface area contributed by atoms with Crippen molar-refractivity contribution >= 4 is 5.91 Å². The smallest absolute Gasteiger partial charge is 0.236 e. The SMILES string of the molecule is Cc1cc(C2(C(=O)N3C[C@@H]4C[C@H]3CN4CC(C)CC(C)C)CC2)on1. The molecule has 3 aliphatic rings. The highest BCUT2D eigenvalue weighted by Gasteiger charge is 2.59. The maximum atomic E-state index is 13.2. The Morgan fingerprint density at radius 2 is 2.08 bits per heavy atom.